The van der Waals surface area contributed by atoms with Crippen molar-refractivity contribution >= 4 is 29.3 Å². The van der Waals surface area contributed by atoms with Gasteiger partial charge in [-0.3, -0.25) is 19.9 Å². The summed E-state index contributed by atoms with van der Waals surface area (Å²) < 4.78 is 18.7. The monoisotopic (exact) mass is 407 g/mol. The number of imide groups is 1. The number of hydrogen-bond acceptors (Lipinski definition) is 6. The summed E-state index contributed by atoms with van der Waals surface area (Å²) in [5, 5.41) is 2.36. The maximum Gasteiger partial charge on any atom is 0.325 e. The zero-order valence-corrected chi connectivity index (χ0v) is 16.2. The van der Waals surface area contributed by atoms with Crippen LogP contribution >= 0.6 is 0 Å². The van der Waals surface area contributed by atoms with Crippen molar-refractivity contribution in [2.75, 3.05) is 19.1 Å². The Morgan fingerprint density at radius 3 is 2.43 bits per heavy atom. The van der Waals surface area contributed by atoms with Crippen LogP contribution in [0.3, 0.4) is 0 Å². The normalized spacial score (nSPS) is 22.4. The second-order valence-electron chi connectivity index (χ2n) is 7.15. The summed E-state index contributed by atoms with van der Waals surface area (Å²) in [5.41, 5.74) is 2.30. The first-order valence-electron chi connectivity index (χ1n) is 9.33. The lowest BCUT2D eigenvalue weighted by molar-refractivity contribution is -0.126. The summed E-state index contributed by atoms with van der Waals surface area (Å²) in [6.45, 7) is 0. The van der Waals surface area contributed by atoms with Gasteiger partial charge in [0, 0.05) is 24.5 Å². The molecular weight excluding hydrogens is 389 g/mol. The van der Waals surface area contributed by atoms with Crippen LogP contribution in [0.2, 0.25) is 0 Å². The van der Waals surface area contributed by atoms with E-state index in [-0.39, 0.29) is 5.82 Å². The Morgan fingerprint density at radius 2 is 1.77 bits per heavy atom. The van der Waals surface area contributed by atoms with Crippen LogP contribution in [-0.2, 0) is 4.79 Å². The average molecular weight is 407 g/mol. The van der Waals surface area contributed by atoms with E-state index in [4.69, 9.17) is 9.73 Å². The molecule has 3 aliphatic rings. The third kappa shape index (κ3) is 2.62. The second-order valence-corrected chi connectivity index (χ2v) is 7.15. The highest BCUT2D eigenvalue weighted by Gasteiger charge is 2.52. The van der Waals surface area contributed by atoms with Gasteiger partial charge in [-0.05, 0) is 48.5 Å². The van der Waals surface area contributed by atoms with Crippen molar-refractivity contribution in [3.8, 4) is 5.75 Å². The lowest BCUT2D eigenvalue weighted by Crippen LogP contribution is -2.62. The number of carbonyl (C=O) groups is 2. The number of likely N-dealkylation sites (N-methyl/N-ethyl adjacent to an activating group) is 1. The van der Waals surface area contributed by atoms with Gasteiger partial charge in [-0.15, -0.1) is 0 Å². The SMILES string of the molecule is COc1ccc(N2C(c3ccc(F)cc3)=CN3C2=NC2C3C(=O)NC(=O)N2C)cc1. The standard InChI is InChI=1S/C21H18FN5O3/c1-25-18-17(19(28)24-21(25)29)26-11-16(12-3-5-13(22)6-4-12)27(20(26)23-18)14-7-9-15(30-2)10-8-14/h3-11,17-18H,1-2H3,(H,24,28,29). The summed E-state index contributed by atoms with van der Waals surface area (Å²) >= 11 is 0. The van der Waals surface area contributed by atoms with Gasteiger partial charge in [0.25, 0.3) is 5.91 Å². The van der Waals surface area contributed by atoms with E-state index in [0.717, 1.165) is 16.9 Å². The third-order valence-electron chi connectivity index (χ3n) is 5.45. The number of benzene rings is 2. The van der Waals surface area contributed by atoms with Crippen molar-refractivity contribution in [3.63, 3.8) is 0 Å². The van der Waals surface area contributed by atoms with Gasteiger partial charge < -0.3 is 9.64 Å². The number of rotatable bonds is 3. The Hall–Kier alpha value is -3.88. The van der Waals surface area contributed by atoms with E-state index in [2.05, 4.69) is 5.32 Å². The average Bonchev–Trinajstić information content (AvgIpc) is 3.29. The first-order valence-corrected chi connectivity index (χ1v) is 9.33. The molecule has 3 aliphatic heterocycles. The van der Waals surface area contributed by atoms with Gasteiger partial charge in [-0.25, -0.2) is 14.2 Å². The van der Waals surface area contributed by atoms with Crippen LogP contribution in [0.5, 0.6) is 5.75 Å². The van der Waals surface area contributed by atoms with Crippen molar-refractivity contribution in [1.29, 1.82) is 0 Å². The highest BCUT2D eigenvalue weighted by molar-refractivity contribution is 6.16. The van der Waals surface area contributed by atoms with Gasteiger partial charge in [0.2, 0.25) is 5.96 Å². The number of amides is 3. The minimum atomic E-state index is -0.679. The molecule has 0 spiro atoms. The lowest BCUT2D eigenvalue weighted by atomic mass is 10.1. The topological polar surface area (TPSA) is 77.5 Å². The van der Waals surface area contributed by atoms with Crippen LogP contribution in [0.15, 0.2) is 59.7 Å². The van der Waals surface area contributed by atoms with Crippen molar-refractivity contribution < 1.29 is 18.7 Å². The van der Waals surface area contributed by atoms with Crippen LogP contribution in [0, 0.1) is 5.82 Å². The lowest BCUT2D eigenvalue weighted by Gasteiger charge is -2.34. The molecule has 0 aliphatic carbocycles. The fraction of sp³-hybridized carbons (Fsp3) is 0.190. The molecule has 0 saturated carbocycles. The zero-order chi connectivity index (χ0) is 21.0. The van der Waals surface area contributed by atoms with Gasteiger partial charge in [0.15, 0.2) is 12.2 Å². The molecular formula is C21H18FN5O3. The number of hydrogen-bond donors (Lipinski definition) is 1. The van der Waals surface area contributed by atoms with Gasteiger partial charge in [-0.2, -0.15) is 0 Å². The third-order valence-corrected chi connectivity index (χ3v) is 5.45. The number of carbonyl (C=O) groups excluding carboxylic acids is 2. The fourth-order valence-corrected chi connectivity index (χ4v) is 3.89. The van der Waals surface area contributed by atoms with Crippen molar-refractivity contribution in [2.24, 2.45) is 4.99 Å². The Bertz CT molecular complexity index is 1100. The summed E-state index contributed by atoms with van der Waals surface area (Å²) in [5.74, 6) is 0.478. The van der Waals surface area contributed by atoms with Gasteiger partial charge in [-0.1, -0.05) is 0 Å². The van der Waals surface area contributed by atoms with E-state index in [1.165, 1.54) is 17.0 Å². The van der Waals surface area contributed by atoms with Crippen LogP contribution in [0.25, 0.3) is 5.70 Å². The van der Waals surface area contributed by atoms with Crippen molar-refractivity contribution in [1.82, 2.24) is 15.1 Å². The largest absolute Gasteiger partial charge is 0.497 e. The molecule has 0 bridgehead atoms. The van der Waals surface area contributed by atoms with E-state index in [1.54, 1.807) is 31.2 Å². The smallest absolute Gasteiger partial charge is 0.325 e. The number of urea groups is 1. The summed E-state index contributed by atoms with van der Waals surface area (Å²) in [4.78, 5) is 34.4. The molecule has 0 radical (unpaired) electrons. The van der Waals surface area contributed by atoms with Crippen LogP contribution in [0.4, 0.5) is 14.9 Å². The predicted octanol–water partition coefficient (Wildman–Crippen LogP) is 2.20. The van der Waals surface area contributed by atoms with E-state index in [0.29, 0.717) is 11.7 Å². The molecule has 30 heavy (non-hydrogen) atoms. The first-order chi connectivity index (χ1) is 14.5. The Labute approximate surface area is 171 Å². The minimum absolute atomic E-state index is 0.335. The molecule has 9 heteroatoms. The minimum Gasteiger partial charge on any atom is -0.497 e. The summed E-state index contributed by atoms with van der Waals surface area (Å²) in [7, 11) is 3.20. The molecule has 5 rings (SSSR count). The number of fused-ring (bicyclic) bond motifs is 3. The molecule has 3 heterocycles. The highest BCUT2D eigenvalue weighted by Crippen LogP contribution is 2.39. The highest BCUT2D eigenvalue weighted by atomic mass is 19.1. The number of guanidine groups is 1. The Balaban J connectivity index is 1.62. The summed E-state index contributed by atoms with van der Waals surface area (Å²) in [6, 6.07) is 12.4. The van der Waals surface area contributed by atoms with Crippen LogP contribution in [-0.4, -0.2) is 54.1 Å². The first kappa shape index (κ1) is 18.2. The molecule has 2 aromatic carbocycles. The van der Waals surface area contributed by atoms with Crippen molar-refractivity contribution in [3.05, 3.63) is 66.1 Å². The number of aliphatic imine (C=N–C) groups is 1. The van der Waals surface area contributed by atoms with Gasteiger partial charge >= 0.3 is 6.03 Å². The van der Waals surface area contributed by atoms with Crippen LogP contribution in [0.1, 0.15) is 5.56 Å². The molecule has 2 aromatic rings. The van der Waals surface area contributed by atoms with E-state index in [9.17, 15) is 14.0 Å². The molecule has 3 amide bonds. The summed E-state index contributed by atoms with van der Waals surface area (Å²) in [6.07, 6.45) is 1.18. The maximum absolute atomic E-state index is 13.5. The molecule has 152 valence electrons. The molecule has 2 unspecified atom stereocenters. The van der Waals surface area contributed by atoms with Crippen LogP contribution < -0.4 is 15.0 Å². The zero-order valence-electron chi connectivity index (χ0n) is 16.2. The molecule has 0 aromatic heterocycles. The molecule has 2 atom stereocenters. The number of methoxy groups -OCH3 is 1. The maximum atomic E-state index is 13.5. The number of nitrogens with one attached hydrogen (secondary N) is 1. The fourth-order valence-electron chi connectivity index (χ4n) is 3.89. The van der Waals surface area contributed by atoms with E-state index in [1.807, 2.05) is 35.4 Å². The van der Waals surface area contributed by atoms with Gasteiger partial charge in [0.05, 0.1) is 12.8 Å². The molecule has 1 saturated heterocycles. The number of nitrogens with zero attached hydrogens (tertiary/aromatic N) is 4. The van der Waals surface area contributed by atoms with Crippen molar-refractivity contribution in [2.45, 2.75) is 12.2 Å². The number of ether oxygens (including phenoxy) is 1. The van der Waals surface area contributed by atoms with E-state index >= 15 is 0 Å². The number of anilines is 1. The second kappa shape index (κ2) is 6.58. The van der Waals surface area contributed by atoms with Gasteiger partial charge in [0.1, 0.15) is 11.6 Å². The van der Waals surface area contributed by atoms with E-state index < -0.39 is 24.1 Å². The number of halogens is 1. The Kier molecular flexibility index (Phi) is 3.99. The molecule has 8 nitrogen and oxygen atoms in total. The molecule has 1 N–H and O–H groups in total. The quantitative estimate of drug-likeness (QED) is 0.844. The Morgan fingerprint density at radius 1 is 1.07 bits per heavy atom. The molecule has 1 fully saturated rings. The predicted molar refractivity (Wildman–Crippen MR) is 108 cm³/mol.